The molecule has 0 bridgehead atoms. The predicted molar refractivity (Wildman–Crippen MR) is 127 cm³/mol. The van der Waals surface area contributed by atoms with E-state index in [1.807, 2.05) is 45.0 Å². The Balaban J connectivity index is 1.59. The summed E-state index contributed by atoms with van der Waals surface area (Å²) in [4.78, 5) is 0. The van der Waals surface area contributed by atoms with Gasteiger partial charge in [-0.2, -0.15) is 0 Å². The van der Waals surface area contributed by atoms with E-state index in [2.05, 4.69) is 22.9 Å². The van der Waals surface area contributed by atoms with Gasteiger partial charge in [0.05, 0.1) is 13.2 Å². The topological polar surface area (TPSA) is 53.5 Å². The largest absolute Gasteiger partial charge is 0.598 e. The number of fused-ring (bicyclic) bond motifs is 1. The van der Waals surface area contributed by atoms with Gasteiger partial charge in [-0.3, -0.25) is 0 Å². The second kappa shape index (κ2) is 9.05. The highest BCUT2D eigenvalue weighted by atomic mass is 32.2. The second-order valence-electron chi connectivity index (χ2n) is 9.99. The molecule has 1 spiro atoms. The van der Waals surface area contributed by atoms with E-state index < -0.39 is 11.4 Å². The van der Waals surface area contributed by atoms with Crippen LogP contribution >= 0.6 is 0 Å². The Hall–Kier alpha value is -1.69. The third-order valence-corrected chi connectivity index (χ3v) is 8.37. The maximum absolute atomic E-state index is 13.1. The molecule has 5 heteroatoms. The number of hydrogen-bond donors (Lipinski definition) is 1. The fraction of sp³-hybridized carbons (Fsp3) is 0.538. The fourth-order valence-electron chi connectivity index (χ4n) is 5.04. The third kappa shape index (κ3) is 4.74. The van der Waals surface area contributed by atoms with E-state index in [4.69, 9.17) is 9.47 Å². The van der Waals surface area contributed by atoms with E-state index in [1.165, 1.54) is 43.2 Å². The standard InChI is InChI=1S/C26H35NO3S/c1-25(2,3)31(28)27-24-21-9-8-10-23(22(21)17-26(24)15-6-5-7-16-26)30-18-19-11-13-20(29-4)14-12-19/h8-14,24,27H,5-7,15-18H2,1-4H3/t24-,31?/m1/s1. The van der Waals surface area contributed by atoms with Crippen molar-refractivity contribution in [1.29, 1.82) is 0 Å². The molecular weight excluding hydrogens is 406 g/mol. The van der Waals surface area contributed by atoms with Crippen molar-refractivity contribution in [1.82, 2.24) is 4.72 Å². The molecule has 0 aromatic heterocycles. The van der Waals surface area contributed by atoms with Crippen LogP contribution in [0.1, 0.15) is 75.6 Å². The van der Waals surface area contributed by atoms with Gasteiger partial charge in [-0.15, -0.1) is 4.72 Å². The number of nitrogens with one attached hydrogen (secondary N) is 1. The van der Waals surface area contributed by atoms with Crippen LogP contribution < -0.4 is 14.2 Å². The second-order valence-corrected chi connectivity index (χ2v) is 12.0. The van der Waals surface area contributed by atoms with Crippen molar-refractivity contribution in [3.63, 3.8) is 0 Å². The smallest absolute Gasteiger partial charge is 0.136 e. The molecular formula is C26H35NO3S. The number of rotatable bonds is 6. The average Bonchev–Trinajstić information content (AvgIpc) is 3.05. The van der Waals surface area contributed by atoms with Crippen LogP contribution in [0.25, 0.3) is 0 Å². The van der Waals surface area contributed by atoms with Gasteiger partial charge in [-0.05, 0) is 80.3 Å². The molecule has 2 aliphatic rings. The van der Waals surface area contributed by atoms with Crippen molar-refractivity contribution < 1.29 is 14.0 Å². The summed E-state index contributed by atoms with van der Waals surface area (Å²) < 4.78 is 27.9. The number of hydrogen-bond acceptors (Lipinski definition) is 4. The minimum absolute atomic E-state index is 0.118. The summed E-state index contributed by atoms with van der Waals surface area (Å²) in [6, 6.07) is 14.5. The van der Waals surface area contributed by atoms with E-state index in [0.29, 0.717) is 6.61 Å². The Kier molecular flexibility index (Phi) is 6.57. The lowest BCUT2D eigenvalue weighted by molar-refractivity contribution is 0.151. The van der Waals surface area contributed by atoms with Gasteiger partial charge in [0, 0.05) is 11.4 Å². The quantitative estimate of drug-likeness (QED) is 0.569. The average molecular weight is 442 g/mol. The monoisotopic (exact) mass is 441 g/mol. The zero-order chi connectivity index (χ0) is 22.1. The molecule has 4 rings (SSSR count). The summed E-state index contributed by atoms with van der Waals surface area (Å²) in [5.74, 6) is 1.81. The molecule has 2 atom stereocenters. The molecule has 0 radical (unpaired) electrons. The van der Waals surface area contributed by atoms with Gasteiger partial charge in [0.15, 0.2) is 0 Å². The molecule has 1 unspecified atom stereocenters. The molecule has 4 nitrogen and oxygen atoms in total. The first-order valence-corrected chi connectivity index (χ1v) is 12.5. The Morgan fingerprint density at radius 2 is 1.77 bits per heavy atom. The van der Waals surface area contributed by atoms with Crippen molar-refractivity contribution in [3.05, 3.63) is 59.2 Å². The third-order valence-electron chi connectivity index (χ3n) is 6.81. The lowest BCUT2D eigenvalue weighted by Gasteiger charge is -2.40. The highest BCUT2D eigenvalue weighted by molar-refractivity contribution is 7.90. The molecule has 168 valence electrons. The predicted octanol–water partition coefficient (Wildman–Crippen LogP) is 5.87. The highest BCUT2D eigenvalue weighted by Crippen LogP contribution is 2.56. The molecule has 0 aliphatic heterocycles. The normalized spacial score (nSPS) is 21.0. The van der Waals surface area contributed by atoms with Gasteiger partial charge in [-0.1, -0.05) is 43.5 Å². The molecule has 0 amide bonds. The summed E-state index contributed by atoms with van der Waals surface area (Å²) in [5.41, 5.74) is 3.82. The first kappa shape index (κ1) is 22.5. The lowest BCUT2D eigenvalue weighted by Crippen LogP contribution is -2.46. The highest BCUT2D eigenvalue weighted by Gasteiger charge is 2.50. The summed E-state index contributed by atoms with van der Waals surface area (Å²) >= 11 is -1.11. The molecule has 2 aromatic rings. The molecule has 31 heavy (non-hydrogen) atoms. The van der Waals surface area contributed by atoms with Gasteiger partial charge in [0.25, 0.3) is 0 Å². The Morgan fingerprint density at radius 3 is 2.42 bits per heavy atom. The Labute approximate surface area is 190 Å². The SMILES string of the molecule is COc1ccc(COc2cccc3c2CC2(CCCCC2)[C@@H]3N[S+]([O-])C(C)(C)C)cc1. The number of ether oxygens (including phenoxy) is 2. The minimum atomic E-state index is -1.11. The van der Waals surface area contributed by atoms with E-state index in [1.54, 1.807) is 7.11 Å². The summed E-state index contributed by atoms with van der Waals surface area (Å²) in [6.45, 7) is 6.63. The van der Waals surface area contributed by atoms with Crippen LogP contribution in [-0.4, -0.2) is 16.4 Å². The molecule has 2 aromatic carbocycles. The van der Waals surface area contributed by atoms with E-state index in [-0.39, 0.29) is 16.2 Å². The molecule has 1 fully saturated rings. The first-order chi connectivity index (χ1) is 14.8. The van der Waals surface area contributed by atoms with Crippen molar-refractivity contribution in [2.45, 2.75) is 76.7 Å². The molecule has 0 heterocycles. The van der Waals surface area contributed by atoms with Crippen LogP contribution in [0, 0.1) is 5.41 Å². The fourth-order valence-corrected chi connectivity index (χ4v) is 5.98. The Bertz CT molecular complexity index is 885. The summed E-state index contributed by atoms with van der Waals surface area (Å²) in [7, 11) is 1.68. The maximum Gasteiger partial charge on any atom is 0.136 e. The van der Waals surface area contributed by atoms with Gasteiger partial charge in [0.1, 0.15) is 22.9 Å². The number of benzene rings is 2. The van der Waals surface area contributed by atoms with E-state index >= 15 is 0 Å². The van der Waals surface area contributed by atoms with Crippen LogP contribution in [0.5, 0.6) is 11.5 Å². The first-order valence-electron chi connectivity index (χ1n) is 11.4. The van der Waals surface area contributed by atoms with Crippen molar-refractivity contribution in [3.8, 4) is 11.5 Å². The van der Waals surface area contributed by atoms with Gasteiger partial charge < -0.3 is 14.0 Å². The van der Waals surface area contributed by atoms with Gasteiger partial charge in [0.2, 0.25) is 0 Å². The van der Waals surface area contributed by atoms with Gasteiger partial charge in [-0.25, -0.2) is 0 Å². The van der Waals surface area contributed by atoms with Crippen LogP contribution in [0.15, 0.2) is 42.5 Å². The van der Waals surface area contributed by atoms with Crippen LogP contribution in [0.3, 0.4) is 0 Å². The zero-order valence-corrected chi connectivity index (χ0v) is 20.0. The molecule has 1 saturated carbocycles. The number of methoxy groups -OCH3 is 1. The zero-order valence-electron chi connectivity index (χ0n) is 19.2. The van der Waals surface area contributed by atoms with Crippen molar-refractivity contribution >= 4 is 11.4 Å². The molecule has 2 aliphatic carbocycles. The van der Waals surface area contributed by atoms with Crippen LogP contribution in [0.2, 0.25) is 0 Å². The van der Waals surface area contributed by atoms with Crippen LogP contribution in [-0.2, 0) is 24.4 Å². The Morgan fingerprint density at radius 1 is 1.06 bits per heavy atom. The maximum atomic E-state index is 13.1. The van der Waals surface area contributed by atoms with Gasteiger partial charge >= 0.3 is 0 Å². The van der Waals surface area contributed by atoms with E-state index in [0.717, 1.165) is 23.5 Å². The lowest BCUT2D eigenvalue weighted by atomic mass is 9.69. The van der Waals surface area contributed by atoms with E-state index in [9.17, 15) is 4.55 Å². The molecule has 1 N–H and O–H groups in total. The van der Waals surface area contributed by atoms with Crippen LogP contribution in [0.4, 0.5) is 0 Å². The van der Waals surface area contributed by atoms with Crippen molar-refractivity contribution in [2.24, 2.45) is 5.41 Å². The summed E-state index contributed by atoms with van der Waals surface area (Å²) in [5, 5.41) is 0. The van der Waals surface area contributed by atoms with Crippen molar-refractivity contribution in [2.75, 3.05) is 7.11 Å². The summed E-state index contributed by atoms with van der Waals surface area (Å²) in [6.07, 6.45) is 7.15. The minimum Gasteiger partial charge on any atom is -0.598 e. The molecule has 0 saturated heterocycles.